The molecule has 1 saturated heterocycles. The first kappa shape index (κ1) is 9.37. The van der Waals surface area contributed by atoms with Crippen LogP contribution in [-0.2, 0) is 4.74 Å². The maximum Gasteiger partial charge on any atom is 0.200 e. The summed E-state index contributed by atoms with van der Waals surface area (Å²) >= 11 is 0. The van der Waals surface area contributed by atoms with Gasteiger partial charge in [-0.3, -0.25) is 0 Å². The largest absolute Gasteiger partial charge is 0.363 e. The van der Waals surface area contributed by atoms with Crippen LogP contribution in [0.3, 0.4) is 0 Å². The second-order valence-electron chi connectivity index (χ2n) is 4.64. The minimum Gasteiger partial charge on any atom is -0.363 e. The third-order valence-electron chi connectivity index (χ3n) is 3.67. The molecular weight excluding hydrogens is 188 g/mol. The van der Waals surface area contributed by atoms with E-state index in [0.717, 1.165) is 18.4 Å². The monoisotopic (exact) mass is 204 g/mol. The van der Waals surface area contributed by atoms with Gasteiger partial charge in [0.05, 0.1) is 0 Å². The van der Waals surface area contributed by atoms with Crippen molar-refractivity contribution >= 4 is 0 Å². The highest BCUT2D eigenvalue weighted by molar-refractivity contribution is 5.24. The Hall–Kier alpha value is -0.860. The fourth-order valence-corrected chi connectivity index (χ4v) is 2.74. The van der Waals surface area contributed by atoms with Gasteiger partial charge >= 0.3 is 0 Å². The van der Waals surface area contributed by atoms with E-state index < -0.39 is 5.79 Å². The molecule has 15 heavy (non-hydrogen) atoms. The molecule has 2 heteroatoms. The van der Waals surface area contributed by atoms with Crippen LogP contribution in [0.2, 0.25) is 0 Å². The molecule has 2 atom stereocenters. The summed E-state index contributed by atoms with van der Waals surface area (Å²) in [4.78, 5) is 0. The lowest BCUT2D eigenvalue weighted by atomic mass is 9.95. The highest BCUT2D eigenvalue weighted by atomic mass is 16.7. The lowest BCUT2D eigenvalue weighted by Crippen LogP contribution is -2.21. The minimum atomic E-state index is -0.849. The second kappa shape index (κ2) is 3.32. The minimum absolute atomic E-state index is 0.0817. The lowest BCUT2D eigenvalue weighted by molar-refractivity contribution is -0.0153. The van der Waals surface area contributed by atoms with Crippen molar-refractivity contribution in [2.24, 2.45) is 5.92 Å². The molecular formula is C13H16O2. The van der Waals surface area contributed by atoms with E-state index in [1.165, 1.54) is 12.8 Å². The van der Waals surface area contributed by atoms with E-state index in [1.807, 2.05) is 30.3 Å². The van der Waals surface area contributed by atoms with Gasteiger partial charge in [-0.05, 0) is 18.4 Å². The van der Waals surface area contributed by atoms with Crippen LogP contribution in [-0.4, -0.2) is 10.9 Å². The molecule has 0 unspecified atom stereocenters. The van der Waals surface area contributed by atoms with Crippen molar-refractivity contribution < 1.29 is 9.84 Å². The van der Waals surface area contributed by atoms with Gasteiger partial charge in [0.1, 0.15) is 6.10 Å². The summed E-state index contributed by atoms with van der Waals surface area (Å²) in [6, 6.07) is 10.0. The molecule has 3 rings (SSSR count). The SMILES string of the molecule is O[C@]1(C2CCCC2)O[C@@H]1c1ccccc1. The topological polar surface area (TPSA) is 32.8 Å². The Bertz CT molecular complexity index is 343. The quantitative estimate of drug-likeness (QED) is 0.751. The molecule has 2 nitrogen and oxygen atoms in total. The standard InChI is InChI=1S/C13H16O2/c14-13(11-8-4-5-9-11)12(15-13)10-6-2-1-3-7-10/h1-3,6-7,11-12,14H,4-5,8-9H2/t12-,13-/m1/s1. The number of benzene rings is 1. The molecule has 2 aliphatic rings. The van der Waals surface area contributed by atoms with Crippen LogP contribution in [0.1, 0.15) is 37.4 Å². The van der Waals surface area contributed by atoms with Crippen molar-refractivity contribution in [2.45, 2.75) is 37.6 Å². The Morgan fingerprint density at radius 3 is 2.47 bits per heavy atom. The molecule has 1 aliphatic carbocycles. The molecule has 1 aromatic carbocycles. The van der Waals surface area contributed by atoms with Gasteiger partial charge in [-0.1, -0.05) is 43.2 Å². The summed E-state index contributed by atoms with van der Waals surface area (Å²) in [5, 5.41) is 10.3. The van der Waals surface area contributed by atoms with Crippen molar-refractivity contribution in [3.05, 3.63) is 35.9 Å². The molecule has 0 aromatic heterocycles. The number of ether oxygens (including phenoxy) is 1. The number of rotatable bonds is 2. The van der Waals surface area contributed by atoms with E-state index in [1.54, 1.807) is 0 Å². The molecule has 0 bridgehead atoms. The Kier molecular flexibility index (Phi) is 2.08. The van der Waals surface area contributed by atoms with Crippen LogP contribution in [0.25, 0.3) is 0 Å². The summed E-state index contributed by atoms with van der Waals surface area (Å²) in [6.07, 6.45) is 4.61. The van der Waals surface area contributed by atoms with Crippen molar-refractivity contribution in [2.75, 3.05) is 0 Å². The van der Waals surface area contributed by atoms with Crippen LogP contribution >= 0.6 is 0 Å². The summed E-state index contributed by atoms with van der Waals surface area (Å²) in [5.74, 6) is -0.500. The smallest absolute Gasteiger partial charge is 0.200 e. The van der Waals surface area contributed by atoms with Gasteiger partial charge in [-0.25, -0.2) is 0 Å². The number of aliphatic hydroxyl groups is 1. The van der Waals surface area contributed by atoms with Gasteiger partial charge in [0.25, 0.3) is 0 Å². The highest BCUT2D eigenvalue weighted by Crippen LogP contribution is 2.56. The van der Waals surface area contributed by atoms with Crippen LogP contribution in [0, 0.1) is 5.92 Å². The second-order valence-corrected chi connectivity index (χ2v) is 4.64. The first-order valence-corrected chi connectivity index (χ1v) is 5.76. The van der Waals surface area contributed by atoms with Gasteiger partial charge in [-0.15, -0.1) is 0 Å². The first-order valence-electron chi connectivity index (χ1n) is 5.76. The number of hydrogen-bond acceptors (Lipinski definition) is 2. The van der Waals surface area contributed by atoms with E-state index >= 15 is 0 Å². The lowest BCUT2D eigenvalue weighted by Gasteiger charge is -2.13. The van der Waals surface area contributed by atoms with Gasteiger partial charge in [0, 0.05) is 5.92 Å². The average Bonchev–Trinajstić information content (AvgIpc) is 2.76. The predicted molar refractivity (Wildman–Crippen MR) is 57.2 cm³/mol. The molecule has 1 aliphatic heterocycles. The van der Waals surface area contributed by atoms with E-state index in [2.05, 4.69) is 0 Å². The maximum atomic E-state index is 10.3. The van der Waals surface area contributed by atoms with E-state index in [0.29, 0.717) is 5.92 Å². The fourth-order valence-electron chi connectivity index (χ4n) is 2.74. The maximum absolute atomic E-state index is 10.3. The molecule has 80 valence electrons. The Balaban J connectivity index is 1.77. The summed E-state index contributed by atoms with van der Waals surface area (Å²) < 4.78 is 5.53. The van der Waals surface area contributed by atoms with Crippen molar-refractivity contribution in [3.63, 3.8) is 0 Å². The fraction of sp³-hybridized carbons (Fsp3) is 0.538. The third kappa shape index (κ3) is 1.48. The summed E-state index contributed by atoms with van der Waals surface area (Å²) in [7, 11) is 0. The van der Waals surface area contributed by atoms with Crippen molar-refractivity contribution in [3.8, 4) is 0 Å². The van der Waals surface area contributed by atoms with Crippen LogP contribution in [0.5, 0.6) is 0 Å². The number of hydrogen-bond donors (Lipinski definition) is 1. The average molecular weight is 204 g/mol. The molecule has 0 amide bonds. The number of epoxide rings is 1. The van der Waals surface area contributed by atoms with Gasteiger partial charge in [0.15, 0.2) is 5.79 Å². The van der Waals surface area contributed by atoms with E-state index in [-0.39, 0.29) is 6.10 Å². The van der Waals surface area contributed by atoms with E-state index in [4.69, 9.17) is 4.74 Å². The zero-order chi connectivity index (χ0) is 10.3. The Morgan fingerprint density at radius 2 is 1.80 bits per heavy atom. The zero-order valence-corrected chi connectivity index (χ0v) is 8.73. The molecule has 1 N–H and O–H groups in total. The Morgan fingerprint density at radius 1 is 1.13 bits per heavy atom. The molecule has 1 saturated carbocycles. The highest BCUT2D eigenvalue weighted by Gasteiger charge is 2.61. The third-order valence-corrected chi connectivity index (χ3v) is 3.67. The van der Waals surface area contributed by atoms with E-state index in [9.17, 15) is 5.11 Å². The molecule has 2 fully saturated rings. The predicted octanol–water partition coefficient (Wildman–Crippen LogP) is 2.64. The van der Waals surface area contributed by atoms with Crippen molar-refractivity contribution in [1.82, 2.24) is 0 Å². The zero-order valence-electron chi connectivity index (χ0n) is 8.73. The molecule has 0 radical (unpaired) electrons. The Labute approximate surface area is 89.9 Å². The molecule has 1 aromatic rings. The van der Waals surface area contributed by atoms with Crippen LogP contribution < -0.4 is 0 Å². The van der Waals surface area contributed by atoms with Gasteiger partial charge in [0.2, 0.25) is 0 Å². The normalized spacial score (nSPS) is 35.7. The van der Waals surface area contributed by atoms with Gasteiger partial charge < -0.3 is 9.84 Å². The van der Waals surface area contributed by atoms with Crippen molar-refractivity contribution in [1.29, 1.82) is 0 Å². The van der Waals surface area contributed by atoms with Crippen LogP contribution in [0.15, 0.2) is 30.3 Å². The summed E-state index contributed by atoms with van der Waals surface area (Å²) in [5.41, 5.74) is 1.10. The van der Waals surface area contributed by atoms with Crippen LogP contribution in [0.4, 0.5) is 0 Å². The molecule has 1 heterocycles. The van der Waals surface area contributed by atoms with Gasteiger partial charge in [-0.2, -0.15) is 0 Å². The summed E-state index contributed by atoms with van der Waals surface area (Å²) in [6.45, 7) is 0. The first-order chi connectivity index (χ1) is 7.31. The molecule has 0 spiro atoms.